The predicted molar refractivity (Wildman–Crippen MR) is 105 cm³/mol. The van der Waals surface area contributed by atoms with Crippen molar-refractivity contribution in [3.05, 3.63) is 53.6 Å². The Bertz CT molecular complexity index is 800. The van der Waals surface area contributed by atoms with Crippen LogP contribution >= 0.6 is 0 Å². The molecule has 0 fully saturated rings. The van der Waals surface area contributed by atoms with Gasteiger partial charge >= 0.3 is 0 Å². The van der Waals surface area contributed by atoms with Crippen molar-refractivity contribution < 1.29 is 19.1 Å². The fourth-order valence-corrected chi connectivity index (χ4v) is 2.84. The summed E-state index contributed by atoms with van der Waals surface area (Å²) in [5, 5.41) is 0. The Morgan fingerprint density at radius 3 is 2.19 bits per heavy atom. The SMILES string of the molecule is COCCN(C(=O)c1ccc(-c2ccc(OC)c(C(N)=O)c2)cc1)C(C)C. The van der Waals surface area contributed by atoms with Crippen LogP contribution in [-0.4, -0.2) is 50.1 Å². The molecule has 0 aliphatic heterocycles. The summed E-state index contributed by atoms with van der Waals surface area (Å²) >= 11 is 0. The largest absolute Gasteiger partial charge is 0.496 e. The molecule has 0 aliphatic carbocycles. The maximum atomic E-state index is 12.8. The molecule has 2 amide bonds. The molecule has 0 bridgehead atoms. The van der Waals surface area contributed by atoms with Crippen molar-refractivity contribution in [2.75, 3.05) is 27.4 Å². The molecule has 2 N–H and O–H groups in total. The molecule has 0 spiro atoms. The summed E-state index contributed by atoms with van der Waals surface area (Å²) in [7, 11) is 3.11. The van der Waals surface area contributed by atoms with E-state index in [-0.39, 0.29) is 11.9 Å². The highest BCUT2D eigenvalue weighted by Crippen LogP contribution is 2.27. The smallest absolute Gasteiger partial charge is 0.254 e. The Labute approximate surface area is 159 Å². The van der Waals surface area contributed by atoms with Crippen molar-refractivity contribution >= 4 is 11.8 Å². The van der Waals surface area contributed by atoms with E-state index in [4.69, 9.17) is 15.2 Å². The zero-order chi connectivity index (χ0) is 20.0. The van der Waals surface area contributed by atoms with Gasteiger partial charge in [0.25, 0.3) is 11.8 Å². The number of nitrogens with zero attached hydrogens (tertiary/aromatic N) is 1. The number of ether oxygens (including phenoxy) is 2. The van der Waals surface area contributed by atoms with Gasteiger partial charge in [0.15, 0.2) is 0 Å². The standard InChI is InChI=1S/C21H26N2O4/c1-14(2)23(11-12-26-3)21(25)16-7-5-15(6-8-16)17-9-10-19(27-4)18(13-17)20(22)24/h5-10,13-14H,11-12H2,1-4H3,(H2,22,24). The van der Waals surface area contributed by atoms with Gasteiger partial charge in [-0.1, -0.05) is 18.2 Å². The second-order valence-electron chi connectivity index (χ2n) is 6.44. The topological polar surface area (TPSA) is 81.9 Å². The Morgan fingerprint density at radius 1 is 1.04 bits per heavy atom. The molecule has 0 atom stereocenters. The molecule has 6 heteroatoms. The normalized spacial score (nSPS) is 10.7. The van der Waals surface area contributed by atoms with Gasteiger partial charge in [-0.15, -0.1) is 0 Å². The molecule has 0 aliphatic rings. The van der Waals surface area contributed by atoms with E-state index in [9.17, 15) is 9.59 Å². The molecule has 0 radical (unpaired) electrons. The van der Waals surface area contributed by atoms with Crippen LogP contribution in [0.15, 0.2) is 42.5 Å². The first-order valence-corrected chi connectivity index (χ1v) is 8.77. The van der Waals surface area contributed by atoms with Crippen molar-refractivity contribution in [1.82, 2.24) is 4.90 Å². The lowest BCUT2D eigenvalue weighted by atomic mass is 10.0. The van der Waals surface area contributed by atoms with Crippen LogP contribution in [0.3, 0.4) is 0 Å². The monoisotopic (exact) mass is 370 g/mol. The van der Waals surface area contributed by atoms with Crippen LogP contribution in [-0.2, 0) is 4.74 Å². The number of carbonyl (C=O) groups is 2. The van der Waals surface area contributed by atoms with Gasteiger partial charge < -0.3 is 20.1 Å². The Hall–Kier alpha value is -2.86. The molecule has 0 aromatic heterocycles. The van der Waals surface area contributed by atoms with Gasteiger partial charge in [-0.05, 0) is 49.2 Å². The molecule has 27 heavy (non-hydrogen) atoms. The third kappa shape index (κ3) is 4.86. The van der Waals surface area contributed by atoms with E-state index in [1.165, 1.54) is 7.11 Å². The van der Waals surface area contributed by atoms with E-state index in [1.807, 2.05) is 32.0 Å². The lowest BCUT2D eigenvalue weighted by Crippen LogP contribution is -2.39. The fraction of sp³-hybridized carbons (Fsp3) is 0.333. The van der Waals surface area contributed by atoms with Crippen molar-refractivity contribution in [3.8, 4) is 16.9 Å². The van der Waals surface area contributed by atoms with Crippen LogP contribution in [0.5, 0.6) is 5.75 Å². The highest BCUT2D eigenvalue weighted by atomic mass is 16.5. The fourth-order valence-electron chi connectivity index (χ4n) is 2.84. The maximum Gasteiger partial charge on any atom is 0.254 e. The summed E-state index contributed by atoms with van der Waals surface area (Å²) in [5.74, 6) is -0.156. The maximum absolute atomic E-state index is 12.8. The molecule has 0 saturated heterocycles. The van der Waals surface area contributed by atoms with Crippen molar-refractivity contribution in [2.45, 2.75) is 19.9 Å². The first-order valence-electron chi connectivity index (χ1n) is 8.77. The van der Waals surface area contributed by atoms with Crippen molar-refractivity contribution in [1.29, 1.82) is 0 Å². The minimum absolute atomic E-state index is 0.0406. The van der Waals surface area contributed by atoms with E-state index >= 15 is 0 Å². The molecular formula is C21H26N2O4. The second kappa shape index (κ2) is 9.19. The molecule has 2 aromatic rings. The van der Waals surface area contributed by atoms with Crippen molar-refractivity contribution in [3.63, 3.8) is 0 Å². The molecule has 144 valence electrons. The first kappa shape index (κ1) is 20.5. The van der Waals surface area contributed by atoms with Crippen LogP contribution in [0, 0.1) is 0 Å². The molecule has 0 saturated carbocycles. The minimum atomic E-state index is -0.550. The number of carbonyl (C=O) groups excluding carboxylic acids is 2. The summed E-state index contributed by atoms with van der Waals surface area (Å²) in [4.78, 5) is 26.1. The van der Waals surface area contributed by atoms with Gasteiger partial charge in [0.1, 0.15) is 5.75 Å². The van der Waals surface area contributed by atoms with E-state index in [0.29, 0.717) is 30.0 Å². The van der Waals surface area contributed by atoms with Gasteiger partial charge in [0, 0.05) is 25.3 Å². The number of benzene rings is 2. The molecular weight excluding hydrogens is 344 g/mol. The zero-order valence-corrected chi connectivity index (χ0v) is 16.2. The number of nitrogens with two attached hydrogens (primary N) is 1. The minimum Gasteiger partial charge on any atom is -0.496 e. The predicted octanol–water partition coefficient (Wildman–Crippen LogP) is 2.96. The summed E-state index contributed by atoms with van der Waals surface area (Å²) in [6.45, 7) is 4.98. The molecule has 2 aromatic carbocycles. The molecule has 0 heterocycles. The summed E-state index contributed by atoms with van der Waals surface area (Å²) in [5.41, 5.74) is 8.05. The van der Waals surface area contributed by atoms with Gasteiger partial charge in [-0.3, -0.25) is 9.59 Å². The number of hydrogen-bond acceptors (Lipinski definition) is 4. The third-order valence-corrected chi connectivity index (χ3v) is 4.35. The third-order valence-electron chi connectivity index (χ3n) is 4.35. The first-order chi connectivity index (χ1) is 12.9. The summed E-state index contributed by atoms with van der Waals surface area (Å²) in [6, 6.07) is 12.6. The van der Waals surface area contributed by atoms with Gasteiger partial charge in [-0.25, -0.2) is 0 Å². The average molecular weight is 370 g/mol. The van der Waals surface area contributed by atoms with Crippen LogP contribution in [0.1, 0.15) is 34.6 Å². The molecule has 0 unspecified atom stereocenters. The lowest BCUT2D eigenvalue weighted by Gasteiger charge is -2.26. The van der Waals surface area contributed by atoms with E-state index in [2.05, 4.69) is 0 Å². The van der Waals surface area contributed by atoms with Gasteiger partial charge in [-0.2, -0.15) is 0 Å². The van der Waals surface area contributed by atoms with Crippen LogP contribution < -0.4 is 10.5 Å². The average Bonchev–Trinajstić information content (AvgIpc) is 2.67. The molecule has 6 nitrogen and oxygen atoms in total. The Kier molecular flexibility index (Phi) is 6.96. The quantitative estimate of drug-likeness (QED) is 0.774. The highest BCUT2D eigenvalue weighted by molar-refractivity contribution is 5.97. The van der Waals surface area contributed by atoms with Crippen LogP contribution in [0.25, 0.3) is 11.1 Å². The Morgan fingerprint density at radius 2 is 1.67 bits per heavy atom. The number of rotatable bonds is 8. The summed E-state index contributed by atoms with van der Waals surface area (Å²) < 4.78 is 10.3. The number of primary amides is 1. The number of amides is 2. The lowest BCUT2D eigenvalue weighted by molar-refractivity contribution is 0.0635. The van der Waals surface area contributed by atoms with Crippen molar-refractivity contribution in [2.24, 2.45) is 5.73 Å². The van der Waals surface area contributed by atoms with E-state index in [0.717, 1.165) is 11.1 Å². The van der Waals surface area contributed by atoms with Crippen LogP contribution in [0.2, 0.25) is 0 Å². The highest BCUT2D eigenvalue weighted by Gasteiger charge is 2.18. The van der Waals surface area contributed by atoms with Gasteiger partial charge in [0.2, 0.25) is 0 Å². The van der Waals surface area contributed by atoms with Crippen LogP contribution in [0.4, 0.5) is 0 Å². The van der Waals surface area contributed by atoms with Gasteiger partial charge in [0.05, 0.1) is 19.3 Å². The second-order valence-corrected chi connectivity index (χ2v) is 6.44. The number of hydrogen-bond donors (Lipinski definition) is 1. The summed E-state index contributed by atoms with van der Waals surface area (Å²) in [6.07, 6.45) is 0. The molecule has 2 rings (SSSR count). The zero-order valence-electron chi connectivity index (χ0n) is 16.2. The Balaban J connectivity index is 2.28. The van der Waals surface area contributed by atoms with E-state index < -0.39 is 5.91 Å². The number of methoxy groups -OCH3 is 2. The van der Waals surface area contributed by atoms with E-state index in [1.54, 1.807) is 36.3 Å².